The minimum Gasteiger partial charge on any atom is -0.310 e. The molecule has 1 atom stereocenters. The van der Waals surface area contributed by atoms with Gasteiger partial charge in [-0.1, -0.05) is 38.1 Å². The van der Waals surface area contributed by atoms with Crippen LogP contribution in [0.3, 0.4) is 0 Å². The molecule has 2 nitrogen and oxygen atoms in total. The smallest absolute Gasteiger partial charge is 0.0794 e. The van der Waals surface area contributed by atoms with Crippen molar-refractivity contribution in [1.82, 2.24) is 10.3 Å². The largest absolute Gasteiger partial charge is 0.310 e. The van der Waals surface area contributed by atoms with E-state index in [4.69, 9.17) is 0 Å². The van der Waals surface area contributed by atoms with Gasteiger partial charge >= 0.3 is 0 Å². The quantitative estimate of drug-likeness (QED) is 0.858. The summed E-state index contributed by atoms with van der Waals surface area (Å²) in [6.07, 6.45) is 4.08. The van der Waals surface area contributed by atoms with Crippen LogP contribution in [0, 0.1) is 0 Å². The average Bonchev–Trinajstić information content (AvgIpc) is 2.91. The van der Waals surface area contributed by atoms with Gasteiger partial charge in [0.2, 0.25) is 0 Å². The Bertz CT molecular complexity index is 448. The molecule has 2 aromatic rings. The Morgan fingerprint density at radius 2 is 2.00 bits per heavy atom. The monoisotopic (exact) mass is 260 g/mol. The Labute approximate surface area is 113 Å². The van der Waals surface area contributed by atoms with Crippen LogP contribution in [0.15, 0.2) is 36.0 Å². The highest BCUT2D eigenvalue weighted by Gasteiger charge is 2.11. The number of rotatable bonds is 6. The summed E-state index contributed by atoms with van der Waals surface area (Å²) >= 11 is 1.73. The molecule has 0 saturated carbocycles. The van der Waals surface area contributed by atoms with E-state index >= 15 is 0 Å². The predicted octanol–water partition coefficient (Wildman–Crippen LogP) is 3.60. The first-order chi connectivity index (χ1) is 8.83. The number of benzene rings is 1. The highest BCUT2D eigenvalue weighted by Crippen LogP contribution is 2.21. The Morgan fingerprint density at radius 3 is 2.56 bits per heavy atom. The lowest BCUT2D eigenvalue weighted by Crippen LogP contribution is -2.22. The van der Waals surface area contributed by atoms with Crippen molar-refractivity contribution in [3.63, 3.8) is 0 Å². The Morgan fingerprint density at radius 1 is 1.22 bits per heavy atom. The van der Waals surface area contributed by atoms with E-state index in [1.54, 1.807) is 11.3 Å². The third-order valence-corrected chi connectivity index (χ3v) is 3.93. The summed E-state index contributed by atoms with van der Waals surface area (Å²) in [7, 11) is 0. The number of aromatic nitrogens is 1. The molecular formula is C15H20N2S. The summed E-state index contributed by atoms with van der Waals surface area (Å²) in [6, 6.07) is 9.33. The molecule has 0 radical (unpaired) electrons. The van der Waals surface area contributed by atoms with Crippen LogP contribution in [0.25, 0.3) is 0 Å². The molecule has 1 unspecified atom stereocenters. The third-order valence-electron chi connectivity index (χ3n) is 3.13. The molecule has 96 valence electrons. The minimum absolute atomic E-state index is 0.390. The first-order valence-corrected chi connectivity index (χ1v) is 7.41. The predicted molar refractivity (Wildman–Crippen MR) is 78.1 cm³/mol. The maximum atomic E-state index is 4.15. The lowest BCUT2D eigenvalue weighted by molar-refractivity contribution is 0.553. The van der Waals surface area contributed by atoms with Gasteiger partial charge in [-0.3, -0.25) is 4.98 Å². The molecule has 0 spiro atoms. The molecule has 0 saturated heterocycles. The van der Waals surface area contributed by atoms with E-state index in [2.05, 4.69) is 48.4 Å². The number of likely N-dealkylation sites (N-methyl/N-ethyl adjacent to an activating group) is 1. The van der Waals surface area contributed by atoms with Crippen LogP contribution in [0.2, 0.25) is 0 Å². The zero-order valence-corrected chi connectivity index (χ0v) is 11.8. The normalized spacial score (nSPS) is 12.6. The van der Waals surface area contributed by atoms with Crippen LogP contribution in [-0.2, 0) is 12.8 Å². The summed E-state index contributed by atoms with van der Waals surface area (Å²) in [6.45, 7) is 5.33. The fourth-order valence-corrected chi connectivity index (χ4v) is 2.73. The zero-order valence-electron chi connectivity index (χ0n) is 11.0. The Hall–Kier alpha value is -1.19. The van der Waals surface area contributed by atoms with E-state index in [0.717, 1.165) is 19.4 Å². The fourth-order valence-electron chi connectivity index (χ4n) is 2.08. The molecule has 0 fully saturated rings. The number of aryl methyl sites for hydroxylation is 1. The van der Waals surface area contributed by atoms with Gasteiger partial charge in [-0.05, 0) is 24.1 Å². The van der Waals surface area contributed by atoms with Crippen LogP contribution < -0.4 is 5.32 Å². The molecule has 0 aliphatic heterocycles. The zero-order chi connectivity index (χ0) is 12.8. The summed E-state index contributed by atoms with van der Waals surface area (Å²) in [5.41, 5.74) is 4.66. The molecule has 0 bridgehead atoms. The number of nitrogens with one attached hydrogen (secondary N) is 1. The number of thiazole rings is 1. The van der Waals surface area contributed by atoms with Gasteiger partial charge in [0.05, 0.1) is 5.51 Å². The number of nitrogens with zero attached hydrogens (tertiary/aromatic N) is 1. The highest BCUT2D eigenvalue weighted by atomic mass is 32.1. The molecule has 0 aliphatic rings. The van der Waals surface area contributed by atoms with Crippen LogP contribution in [0.1, 0.15) is 35.9 Å². The van der Waals surface area contributed by atoms with E-state index in [1.165, 1.54) is 16.0 Å². The molecule has 3 heteroatoms. The van der Waals surface area contributed by atoms with E-state index < -0.39 is 0 Å². The second-order valence-electron chi connectivity index (χ2n) is 4.38. The van der Waals surface area contributed by atoms with Crippen molar-refractivity contribution in [2.24, 2.45) is 0 Å². The molecule has 0 aliphatic carbocycles. The molecule has 2 rings (SSSR count). The average molecular weight is 260 g/mol. The lowest BCUT2D eigenvalue weighted by Gasteiger charge is -2.17. The van der Waals surface area contributed by atoms with Crippen LogP contribution in [0.4, 0.5) is 0 Å². The molecule has 18 heavy (non-hydrogen) atoms. The fraction of sp³-hybridized carbons (Fsp3) is 0.400. The van der Waals surface area contributed by atoms with E-state index in [0.29, 0.717) is 6.04 Å². The van der Waals surface area contributed by atoms with Crippen molar-refractivity contribution in [3.05, 3.63) is 52.0 Å². The summed E-state index contributed by atoms with van der Waals surface area (Å²) in [5.74, 6) is 0. The maximum absolute atomic E-state index is 4.15. The van der Waals surface area contributed by atoms with E-state index in [-0.39, 0.29) is 0 Å². The van der Waals surface area contributed by atoms with Crippen molar-refractivity contribution < 1.29 is 0 Å². The molecule has 1 aromatic heterocycles. The molecule has 1 aromatic carbocycles. The SMILES string of the molecule is CCNC(Cc1cncs1)c1ccc(CC)cc1. The van der Waals surface area contributed by atoms with Crippen molar-refractivity contribution in [1.29, 1.82) is 0 Å². The second kappa shape index (κ2) is 6.66. The van der Waals surface area contributed by atoms with Gasteiger partial charge < -0.3 is 5.32 Å². The number of hydrogen-bond donors (Lipinski definition) is 1. The lowest BCUT2D eigenvalue weighted by atomic mass is 10.0. The van der Waals surface area contributed by atoms with Crippen LogP contribution >= 0.6 is 11.3 Å². The third kappa shape index (κ3) is 3.40. The summed E-state index contributed by atoms with van der Waals surface area (Å²) in [5, 5.41) is 3.55. The Kier molecular flexibility index (Phi) is 4.90. The Balaban J connectivity index is 2.12. The van der Waals surface area contributed by atoms with Gasteiger partial charge in [-0.15, -0.1) is 11.3 Å². The van der Waals surface area contributed by atoms with Gasteiger partial charge in [-0.25, -0.2) is 0 Å². The molecule has 1 N–H and O–H groups in total. The van der Waals surface area contributed by atoms with Crippen LogP contribution in [0.5, 0.6) is 0 Å². The van der Waals surface area contributed by atoms with Gasteiger partial charge in [0, 0.05) is 23.5 Å². The highest BCUT2D eigenvalue weighted by molar-refractivity contribution is 7.09. The van der Waals surface area contributed by atoms with Gasteiger partial charge in [-0.2, -0.15) is 0 Å². The first kappa shape index (κ1) is 13.2. The van der Waals surface area contributed by atoms with Crippen molar-refractivity contribution in [3.8, 4) is 0 Å². The summed E-state index contributed by atoms with van der Waals surface area (Å²) in [4.78, 5) is 5.48. The van der Waals surface area contributed by atoms with E-state index in [1.807, 2.05) is 11.7 Å². The maximum Gasteiger partial charge on any atom is 0.0794 e. The van der Waals surface area contributed by atoms with Gasteiger partial charge in [0.15, 0.2) is 0 Å². The molecule has 0 amide bonds. The summed E-state index contributed by atoms with van der Waals surface area (Å²) < 4.78 is 0. The second-order valence-corrected chi connectivity index (χ2v) is 5.35. The standard InChI is InChI=1S/C15H20N2S/c1-3-12-5-7-13(8-6-12)15(17-4-2)9-14-10-16-11-18-14/h5-8,10-11,15,17H,3-4,9H2,1-2H3. The first-order valence-electron chi connectivity index (χ1n) is 6.53. The van der Waals surface area contributed by atoms with E-state index in [9.17, 15) is 0 Å². The number of hydrogen-bond acceptors (Lipinski definition) is 3. The minimum atomic E-state index is 0.390. The van der Waals surface area contributed by atoms with Crippen molar-refractivity contribution in [2.75, 3.05) is 6.54 Å². The van der Waals surface area contributed by atoms with Gasteiger partial charge in [0.1, 0.15) is 0 Å². The molecule has 1 heterocycles. The topological polar surface area (TPSA) is 24.9 Å². The van der Waals surface area contributed by atoms with Crippen molar-refractivity contribution >= 4 is 11.3 Å². The van der Waals surface area contributed by atoms with Crippen LogP contribution in [-0.4, -0.2) is 11.5 Å². The van der Waals surface area contributed by atoms with Crippen molar-refractivity contribution in [2.45, 2.75) is 32.7 Å². The van der Waals surface area contributed by atoms with Gasteiger partial charge in [0.25, 0.3) is 0 Å². The molecular weight excluding hydrogens is 240 g/mol.